The number of carbonyl (C=O) groups is 1. The van der Waals surface area contributed by atoms with Crippen molar-refractivity contribution in [3.05, 3.63) is 18.0 Å². The minimum Gasteiger partial charge on any atom is -0.506 e. The van der Waals surface area contributed by atoms with Crippen LogP contribution in [-0.2, 0) is 4.79 Å². The van der Waals surface area contributed by atoms with E-state index >= 15 is 0 Å². The van der Waals surface area contributed by atoms with Gasteiger partial charge < -0.3 is 20.9 Å². The van der Waals surface area contributed by atoms with Gasteiger partial charge in [0.05, 0.1) is 0 Å². The lowest BCUT2D eigenvalue weighted by Crippen LogP contribution is -2.20. The molecule has 1 rings (SSSR count). The Labute approximate surface area is 62.5 Å². The first kappa shape index (κ1) is 7.62. The van der Waals surface area contributed by atoms with Crippen molar-refractivity contribution in [2.75, 3.05) is 0 Å². The van der Waals surface area contributed by atoms with Crippen molar-refractivity contribution in [1.29, 1.82) is 0 Å². The highest BCUT2D eigenvalue weighted by molar-refractivity contribution is 5.74. The number of rotatable bonds is 2. The van der Waals surface area contributed by atoms with E-state index in [0.717, 1.165) is 0 Å². The minimum atomic E-state index is -1.13. The van der Waals surface area contributed by atoms with Crippen molar-refractivity contribution in [3.63, 3.8) is 0 Å². The van der Waals surface area contributed by atoms with Crippen molar-refractivity contribution in [3.8, 4) is 5.75 Å². The highest BCUT2D eigenvalue weighted by Gasteiger charge is 2.15. The van der Waals surface area contributed by atoms with Gasteiger partial charge in [-0.2, -0.15) is 0 Å². The van der Waals surface area contributed by atoms with E-state index in [-0.39, 0.29) is 11.4 Å². The molecule has 1 heterocycles. The Bertz CT molecular complexity index is 269. The number of aromatic hydroxyl groups is 1. The number of aromatic nitrogens is 1. The maximum Gasteiger partial charge on any atom is 0.326 e. The van der Waals surface area contributed by atoms with Crippen molar-refractivity contribution in [1.82, 2.24) is 4.98 Å². The summed E-state index contributed by atoms with van der Waals surface area (Å²) in [6.07, 6.45) is 1.28. The van der Waals surface area contributed by atoms with Crippen LogP contribution < -0.4 is 5.73 Å². The summed E-state index contributed by atoms with van der Waals surface area (Å²) >= 11 is 0. The molecule has 0 saturated carbocycles. The molecule has 11 heavy (non-hydrogen) atoms. The Hall–Kier alpha value is -1.49. The molecule has 0 radical (unpaired) electrons. The summed E-state index contributed by atoms with van der Waals surface area (Å²) < 4.78 is 0. The lowest BCUT2D eigenvalue weighted by molar-refractivity contribution is -0.138. The molecule has 0 spiro atoms. The molecular formula is C6H8N2O3. The Morgan fingerprint density at radius 2 is 2.36 bits per heavy atom. The van der Waals surface area contributed by atoms with Crippen molar-refractivity contribution in [2.45, 2.75) is 6.04 Å². The van der Waals surface area contributed by atoms with Crippen molar-refractivity contribution < 1.29 is 15.0 Å². The highest BCUT2D eigenvalue weighted by atomic mass is 16.4. The summed E-state index contributed by atoms with van der Waals surface area (Å²) in [5.41, 5.74) is 5.50. The van der Waals surface area contributed by atoms with Crippen molar-refractivity contribution >= 4 is 5.97 Å². The molecule has 1 aromatic heterocycles. The van der Waals surface area contributed by atoms with Crippen LogP contribution >= 0.6 is 0 Å². The van der Waals surface area contributed by atoms with Gasteiger partial charge >= 0.3 is 5.97 Å². The average molecular weight is 156 g/mol. The van der Waals surface area contributed by atoms with Crippen molar-refractivity contribution in [2.24, 2.45) is 5.73 Å². The first-order valence-corrected chi connectivity index (χ1v) is 2.97. The molecule has 0 aliphatic heterocycles. The van der Waals surface area contributed by atoms with Gasteiger partial charge in [-0.15, -0.1) is 0 Å². The Morgan fingerprint density at radius 3 is 2.73 bits per heavy atom. The largest absolute Gasteiger partial charge is 0.506 e. The predicted octanol–water partition coefficient (Wildman–Crippen LogP) is -0.195. The third kappa shape index (κ3) is 1.50. The molecular weight excluding hydrogens is 148 g/mol. The molecule has 0 saturated heterocycles. The van der Waals surface area contributed by atoms with Crippen LogP contribution in [0.25, 0.3) is 0 Å². The molecule has 0 aromatic carbocycles. The molecule has 0 aliphatic carbocycles. The summed E-state index contributed by atoms with van der Waals surface area (Å²) in [6, 6.07) is 0.176. The molecule has 60 valence electrons. The maximum absolute atomic E-state index is 10.3. The number of nitrogens with two attached hydrogens (primary N) is 1. The first-order valence-electron chi connectivity index (χ1n) is 2.97. The number of carboxylic acid groups (broad SMARTS) is 1. The summed E-state index contributed by atoms with van der Waals surface area (Å²) in [5.74, 6) is -1.15. The van der Waals surface area contributed by atoms with Gasteiger partial charge in [0.15, 0.2) is 0 Å². The maximum atomic E-state index is 10.3. The fourth-order valence-corrected chi connectivity index (χ4v) is 0.713. The summed E-state index contributed by atoms with van der Waals surface area (Å²) in [4.78, 5) is 12.8. The zero-order valence-electron chi connectivity index (χ0n) is 5.61. The fraction of sp³-hybridized carbons (Fsp3) is 0.167. The first-order chi connectivity index (χ1) is 5.11. The summed E-state index contributed by atoms with van der Waals surface area (Å²) in [6.45, 7) is 0. The van der Waals surface area contributed by atoms with E-state index in [4.69, 9.17) is 15.9 Å². The number of nitrogens with one attached hydrogen (secondary N) is 1. The zero-order chi connectivity index (χ0) is 8.43. The van der Waals surface area contributed by atoms with Gasteiger partial charge in [0.25, 0.3) is 0 Å². The number of aromatic amines is 1. The number of hydrogen-bond acceptors (Lipinski definition) is 3. The fourth-order valence-electron chi connectivity index (χ4n) is 0.713. The van der Waals surface area contributed by atoms with Crippen LogP contribution in [-0.4, -0.2) is 21.2 Å². The second kappa shape index (κ2) is 2.63. The van der Waals surface area contributed by atoms with E-state index in [1.807, 2.05) is 0 Å². The average Bonchev–Trinajstić information content (AvgIpc) is 2.34. The summed E-state index contributed by atoms with van der Waals surface area (Å²) in [7, 11) is 0. The van der Waals surface area contributed by atoms with Crippen LogP contribution in [0.2, 0.25) is 0 Å². The topological polar surface area (TPSA) is 99.3 Å². The SMILES string of the molecule is NC(C(=O)O)c1cc(O)c[nH]1. The smallest absolute Gasteiger partial charge is 0.326 e. The highest BCUT2D eigenvalue weighted by Crippen LogP contribution is 2.14. The predicted molar refractivity (Wildman–Crippen MR) is 37.0 cm³/mol. The lowest BCUT2D eigenvalue weighted by Gasteiger charge is -2.00. The molecule has 1 aromatic rings. The molecule has 0 amide bonds. The molecule has 0 aliphatic rings. The van der Waals surface area contributed by atoms with E-state index in [1.165, 1.54) is 12.3 Å². The van der Waals surface area contributed by atoms with Gasteiger partial charge in [-0.25, -0.2) is 0 Å². The Kier molecular flexibility index (Phi) is 1.82. The third-order valence-corrected chi connectivity index (χ3v) is 1.29. The number of carboxylic acids is 1. The van der Waals surface area contributed by atoms with E-state index in [2.05, 4.69) is 4.98 Å². The Balaban J connectivity index is 2.84. The molecule has 5 heteroatoms. The van der Waals surface area contributed by atoms with Gasteiger partial charge in [0, 0.05) is 18.0 Å². The molecule has 0 fully saturated rings. The quantitative estimate of drug-likeness (QED) is 0.476. The Morgan fingerprint density at radius 1 is 1.73 bits per heavy atom. The van der Waals surface area contributed by atoms with Gasteiger partial charge in [0.1, 0.15) is 11.8 Å². The van der Waals surface area contributed by atoms with Crippen LogP contribution in [0.1, 0.15) is 11.7 Å². The van der Waals surface area contributed by atoms with Crippen LogP contribution in [0.5, 0.6) is 5.75 Å². The normalized spacial score (nSPS) is 12.8. The summed E-state index contributed by atoms with van der Waals surface area (Å²) in [5, 5.41) is 17.2. The van der Waals surface area contributed by atoms with Crippen LogP contribution in [0, 0.1) is 0 Å². The van der Waals surface area contributed by atoms with Gasteiger partial charge in [0.2, 0.25) is 0 Å². The van der Waals surface area contributed by atoms with Crippen LogP contribution in [0.4, 0.5) is 0 Å². The second-order valence-electron chi connectivity index (χ2n) is 2.13. The standard InChI is InChI=1S/C6H8N2O3/c7-5(6(10)11)4-1-3(9)2-8-4/h1-2,5,8-9H,7H2,(H,10,11). The minimum absolute atomic E-state index is 0.0169. The molecule has 5 nitrogen and oxygen atoms in total. The number of aliphatic carboxylic acids is 1. The molecule has 5 N–H and O–H groups in total. The van der Waals surface area contributed by atoms with E-state index in [9.17, 15) is 4.79 Å². The van der Waals surface area contributed by atoms with Gasteiger partial charge in [-0.3, -0.25) is 4.79 Å². The van der Waals surface area contributed by atoms with Gasteiger partial charge in [-0.1, -0.05) is 0 Å². The molecule has 1 unspecified atom stereocenters. The van der Waals surface area contributed by atoms with Crippen LogP contribution in [0.15, 0.2) is 12.3 Å². The van der Waals surface area contributed by atoms with Gasteiger partial charge in [-0.05, 0) is 0 Å². The zero-order valence-corrected chi connectivity index (χ0v) is 5.61. The van der Waals surface area contributed by atoms with E-state index in [1.54, 1.807) is 0 Å². The van der Waals surface area contributed by atoms with E-state index in [0.29, 0.717) is 0 Å². The second-order valence-corrected chi connectivity index (χ2v) is 2.13. The number of H-pyrrole nitrogens is 1. The lowest BCUT2D eigenvalue weighted by atomic mass is 10.2. The third-order valence-electron chi connectivity index (χ3n) is 1.29. The molecule has 0 bridgehead atoms. The monoisotopic (exact) mass is 156 g/mol. The number of hydrogen-bond donors (Lipinski definition) is 4. The molecule has 1 atom stereocenters. The van der Waals surface area contributed by atoms with E-state index < -0.39 is 12.0 Å². The van der Waals surface area contributed by atoms with Crippen LogP contribution in [0.3, 0.4) is 0 Å².